The quantitative estimate of drug-likeness (QED) is 0.0992. The molecule has 8 nitrogen and oxygen atoms in total. The highest BCUT2D eigenvalue weighted by atomic mass is 16.5. The lowest BCUT2D eigenvalue weighted by molar-refractivity contribution is -0.116. The lowest BCUT2D eigenvalue weighted by atomic mass is 9.76. The van der Waals surface area contributed by atoms with E-state index in [1.807, 2.05) is 33.8 Å². The van der Waals surface area contributed by atoms with Gasteiger partial charge in [-0.2, -0.15) is 0 Å². The number of hydrogen-bond acceptors (Lipinski definition) is 8. The van der Waals surface area contributed by atoms with Gasteiger partial charge in [-0.05, 0) is 98.4 Å². The molecule has 0 amide bonds. The molecule has 0 fully saturated rings. The second-order valence-corrected chi connectivity index (χ2v) is 11.3. The topological polar surface area (TPSA) is 123 Å². The van der Waals surface area contributed by atoms with Crippen LogP contribution in [-0.2, 0) is 9.59 Å². The minimum absolute atomic E-state index is 0.00199. The first-order valence-corrected chi connectivity index (χ1v) is 14.5. The molecule has 0 saturated heterocycles. The largest absolute Gasteiger partial charge is 0.508 e. The van der Waals surface area contributed by atoms with Gasteiger partial charge in [0.2, 0.25) is 0 Å². The van der Waals surface area contributed by atoms with Crippen molar-refractivity contribution in [3.05, 3.63) is 94.8 Å². The number of rotatable bonds is 13. The number of aliphatic hydroxyl groups is 2. The number of aromatic hydroxyl groups is 1. The molecule has 3 N–H and O–H groups in total. The molecule has 0 heterocycles. The number of ether oxygens (including phenoxy) is 3. The summed E-state index contributed by atoms with van der Waals surface area (Å²) in [5, 5.41) is 30.5. The van der Waals surface area contributed by atoms with Gasteiger partial charge in [0.15, 0.2) is 34.6 Å². The first-order valence-electron chi connectivity index (χ1n) is 14.5. The van der Waals surface area contributed by atoms with Crippen molar-refractivity contribution in [1.82, 2.24) is 0 Å². The molecule has 0 bridgehead atoms. The van der Waals surface area contributed by atoms with Crippen LogP contribution in [0.5, 0.6) is 23.0 Å². The smallest absolute Gasteiger partial charge is 0.182 e. The van der Waals surface area contributed by atoms with E-state index >= 15 is 0 Å². The van der Waals surface area contributed by atoms with Crippen molar-refractivity contribution in [3.8, 4) is 23.0 Å². The maximum Gasteiger partial charge on any atom is 0.182 e. The minimum Gasteiger partial charge on any atom is -0.508 e. The molecule has 8 heteroatoms. The maximum atomic E-state index is 12.5. The lowest BCUT2D eigenvalue weighted by Gasteiger charge is -2.36. The van der Waals surface area contributed by atoms with Crippen LogP contribution < -0.4 is 14.2 Å². The predicted octanol–water partition coefficient (Wildman–Crippen LogP) is 6.78. The molecule has 44 heavy (non-hydrogen) atoms. The van der Waals surface area contributed by atoms with Crippen molar-refractivity contribution in [3.63, 3.8) is 0 Å². The van der Waals surface area contributed by atoms with E-state index in [9.17, 15) is 24.9 Å². The van der Waals surface area contributed by atoms with Crippen molar-refractivity contribution in [1.29, 1.82) is 0 Å². The van der Waals surface area contributed by atoms with Gasteiger partial charge in [-0.1, -0.05) is 36.8 Å². The van der Waals surface area contributed by atoms with E-state index in [1.54, 1.807) is 48.6 Å². The van der Waals surface area contributed by atoms with Gasteiger partial charge in [0.1, 0.15) is 11.9 Å². The van der Waals surface area contributed by atoms with Gasteiger partial charge >= 0.3 is 0 Å². The van der Waals surface area contributed by atoms with E-state index in [0.717, 1.165) is 17.2 Å². The van der Waals surface area contributed by atoms with Gasteiger partial charge in [-0.15, -0.1) is 0 Å². The highest BCUT2D eigenvalue weighted by Gasteiger charge is 2.35. The summed E-state index contributed by atoms with van der Waals surface area (Å²) in [6, 6.07) is 10.0. The number of methoxy groups -OCH3 is 2. The first kappa shape index (κ1) is 33.9. The van der Waals surface area contributed by atoms with E-state index in [-0.39, 0.29) is 41.0 Å². The van der Waals surface area contributed by atoms with Crippen LogP contribution in [0.3, 0.4) is 0 Å². The summed E-state index contributed by atoms with van der Waals surface area (Å²) in [7, 11) is 2.97. The second kappa shape index (κ2) is 15.8. The molecule has 1 aliphatic rings. The Balaban J connectivity index is 1.72. The van der Waals surface area contributed by atoms with Gasteiger partial charge in [-0.25, -0.2) is 0 Å². The standard InChI is InChI=1S/C36H42O8/c1-22(2)15-29(39)16-23(3)30-21-32(41)24(4)17-34(30)44-33-14-10-26(19-36(33)43-6)8-12-28(38)20-27(37)11-7-25-9-13-31(40)35(18-25)42-5/h7-15,17-20,23,30,32,34,38,40-41H,16,21H2,1-6H3/b11-7+,12-8+,28-20-/t23-,30+,32-,34-/m0/s1. The number of carbonyl (C=O) groups excluding carboxylic acids is 2. The fourth-order valence-corrected chi connectivity index (χ4v) is 5.03. The number of phenolic OH excluding ortho intramolecular Hbond substituents is 1. The van der Waals surface area contributed by atoms with Crippen LogP contribution in [-0.4, -0.2) is 53.3 Å². The van der Waals surface area contributed by atoms with E-state index in [0.29, 0.717) is 35.5 Å². The fourth-order valence-electron chi connectivity index (χ4n) is 5.03. The first-order chi connectivity index (χ1) is 20.9. The van der Waals surface area contributed by atoms with Crippen LogP contribution in [0.1, 0.15) is 51.7 Å². The van der Waals surface area contributed by atoms with Crippen LogP contribution >= 0.6 is 0 Å². The zero-order valence-electron chi connectivity index (χ0n) is 26.1. The monoisotopic (exact) mass is 602 g/mol. The molecule has 4 atom stereocenters. The summed E-state index contributed by atoms with van der Waals surface area (Å²) in [4.78, 5) is 24.8. The zero-order chi connectivity index (χ0) is 32.4. The molecule has 3 rings (SSSR count). The second-order valence-electron chi connectivity index (χ2n) is 11.3. The molecule has 0 spiro atoms. The van der Waals surface area contributed by atoms with Crippen molar-refractivity contribution in [2.75, 3.05) is 14.2 Å². The number of aliphatic hydroxyl groups excluding tert-OH is 2. The number of hydrogen-bond donors (Lipinski definition) is 3. The summed E-state index contributed by atoms with van der Waals surface area (Å²) in [6.07, 6.45) is 10.5. The SMILES string of the molecule is COc1cc(/C=C/C(=O)/C=C(O)/C=C/c2ccc(O[C@H]3C=C(C)[C@@H](O)C[C@@H]3[C@@H](C)CC(=O)C=C(C)C)c(OC)c2)ccc1O. The fraction of sp³-hybridized carbons (Fsp3) is 0.333. The third-order valence-electron chi connectivity index (χ3n) is 7.41. The normalized spacial score (nSPS) is 19.4. The average Bonchev–Trinajstić information content (AvgIpc) is 2.97. The van der Waals surface area contributed by atoms with Crippen LogP contribution in [0, 0.1) is 11.8 Å². The molecular weight excluding hydrogens is 560 g/mol. The number of carbonyl (C=O) groups is 2. The van der Waals surface area contributed by atoms with Crippen molar-refractivity contribution >= 4 is 23.7 Å². The van der Waals surface area contributed by atoms with E-state index in [2.05, 4.69) is 0 Å². The van der Waals surface area contributed by atoms with Crippen LogP contribution in [0.15, 0.2) is 83.7 Å². The van der Waals surface area contributed by atoms with Crippen LogP contribution in [0.4, 0.5) is 0 Å². The van der Waals surface area contributed by atoms with Gasteiger partial charge in [-0.3, -0.25) is 9.59 Å². The number of phenols is 1. The van der Waals surface area contributed by atoms with Gasteiger partial charge in [0.05, 0.1) is 20.3 Å². The van der Waals surface area contributed by atoms with E-state index in [1.165, 1.54) is 32.4 Å². The Labute approximate surface area is 259 Å². The van der Waals surface area contributed by atoms with Gasteiger partial charge in [0, 0.05) is 18.4 Å². The Hall–Kier alpha value is -4.56. The molecule has 2 aromatic rings. The minimum atomic E-state index is -0.588. The molecule has 234 valence electrons. The molecular formula is C36H42O8. The molecule has 0 unspecified atom stereocenters. The summed E-state index contributed by atoms with van der Waals surface area (Å²) in [5.74, 6) is 0.561. The molecule has 0 radical (unpaired) electrons. The Morgan fingerprint density at radius 3 is 2.25 bits per heavy atom. The Morgan fingerprint density at radius 2 is 1.59 bits per heavy atom. The number of ketones is 2. The third-order valence-corrected chi connectivity index (χ3v) is 7.41. The third kappa shape index (κ3) is 9.74. The van der Waals surface area contributed by atoms with Gasteiger partial charge < -0.3 is 29.5 Å². The number of allylic oxidation sites excluding steroid dienone is 5. The lowest BCUT2D eigenvalue weighted by Crippen LogP contribution is -2.38. The molecule has 0 aromatic heterocycles. The summed E-state index contributed by atoms with van der Waals surface area (Å²) in [6.45, 7) is 7.66. The van der Waals surface area contributed by atoms with Crippen molar-refractivity contribution in [2.45, 2.75) is 52.7 Å². The highest BCUT2D eigenvalue weighted by molar-refractivity contribution is 6.02. The Kier molecular flexibility index (Phi) is 12.2. The van der Waals surface area contributed by atoms with Crippen molar-refractivity contribution in [2.24, 2.45) is 11.8 Å². The highest BCUT2D eigenvalue weighted by Crippen LogP contribution is 2.37. The van der Waals surface area contributed by atoms with E-state index < -0.39 is 11.9 Å². The van der Waals surface area contributed by atoms with Crippen molar-refractivity contribution < 1.29 is 39.1 Å². The van der Waals surface area contributed by atoms with Crippen LogP contribution in [0.2, 0.25) is 0 Å². The summed E-state index contributed by atoms with van der Waals surface area (Å²) < 4.78 is 17.1. The van der Waals surface area contributed by atoms with E-state index in [4.69, 9.17) is 14.2 Å². The Morgan fingerprint density at radius 1 is 0.955 bits per heavy atom. The average molecular weight is 603 g/mol. The molecule has 0 saturated carbocycles. The maximum absolute atomic E-state index is 12.5. The zero-order valence-corrected chi connectivity index (χ0v) is 26.1. The van der Waals surface area contributed by atoms with Gasteiger partial charge in [0.25, 0.3) is 0 Å². The molecule has 1 aliphatic carbocycles. The summed E-state index contributed by atoms with van der Waals surface area (Å²) >= 11 is 0. The number of benzene rings is 2. The van der Waals surface area contributed by atoms with Crippen LogP contribution in [0.25, 0.3) is 12.2 Å². The molecule has 0 aliphatic heterocycles. The molecule has 2 aromatic carbocycles. The Bertz CT molecular complexity index is 1490. The summed E-state index contributed by atoms with van der Waals surface area (Å²) in [5.41, 5.74) is 3.13. The predicted molar refractivity (Wildman–Crippen MR) is 172 cm³/mol.